The van der Waals surface area contributed by atoms with Crippen molar-refractivity contribution in [1.82, 2.24) is 0 Å². The first kappa shape index (κ1) is 24.9. The number of rotatable bonds is 11. The molecular formula is C38H40. The molecule has 0 saturated carbocycles. The van der Waals surface area contributed by atoms with E-state index in [-0.39, 0.29) is 0 Å². The molecule has 0 radical (unpaired) electrons. The van der Waals surface area contributed by atoms with Crippen LogP contribution in [0.1, 0.15) is 76.7 Å². The molecule has 6 aromatic rings. The van der Waals surface area contributed by atoms with E-state index < -0.39 is 0 Å². The first-order chi connectivity index (χ1) is 18.8. The molecule has 0 fully saturated rings. The number of fused-ring (bicyclic) bond motifs is 9. The van der Waals surface area contributed by atoms with Crippen LogP contribution in [-0.2, 0) is 6.42 Å². The standard InChI is InChI=1S/C38H40/c1-2-3-4-5-6-7-8-9-10-11-14-28-17-20-32-30(27-28)19-22-36-34(32)24-26-37-35-21-18-29-15-12-13-16-31(29)33(35)23-25-38(36)37/h12-13,15-27H,2-11,14H2,1H3. The summed E-state index contributed by atoms with van der Waals surface area (Å²) in [7, 11) is 0. The Morgan fingerprint density at radius 3 is 1.45 bits per heavy atom. The van der Waals surface area contributed by atoms with Crippen molar-refractivity contribution in [3.63, 3.8) is 0 Å². The lowest BCUT2D eigenvalue weighted by Crippen LogP contribution is -1.88. The van der Waals surface area contributed by atoms with Gasteiger partial charge in [0.25, 0.3) is 0 Å². The molecular weight excluding hydrogens is 456 g/mol. The Morgan fingerprint density at radius 1 is 0.368 bits per heavy atom. The molecule has 0 heterocycles. The molecule has 0 unspecified atom stereocenters. The first-order valence-electron chi connectivity index (χ1n) is 15.0. The van der Waals surface area contributed by atoms with Gasteiger partial charge in [0.05, 0.1) is 0 Å². The molecule has 0 N–H and O–H groups in total. The maximum absolute atomic E-state index is 2.43. The number of aryl methyl sites for hydroxylation is 1. The summed E-state index contributed by atoms with van der Waals surface area (Å²) in [4.78, 5) is 0. The number of benzene rings is 6. The molecule has 192 valence electrons. The monoisotopic (exact) mass is 496 g/mol. The molecule has 0 heteroatoms. The van der Waals surface area contributed by atoms with Crippen molar-refractivity contribution < 1.29 is 0 Å². The minimum Gasteiger partial charge on any atom is -0.0654 e. The average molecular weight is 497 g/mol. The molecule has 6 aromatic carbocycles. The van der Waals surface area contributed by atoms with E-state index in [4.69, 9.17) is 0 Å². The average Bonchev–Trinajstić information content (AvgIpc) is 2.97. The molecule has 0 aliphatic heterocycles. The summed E-state index contributed by atoms with van der Waals surface area (Å²) in [6.07, 6.45) is 15.1. The highest BCUT2D eigenvalue weighted by Crippen LogP contribution is 2.37. The van der Waals surface area contributed by atoms with E-state index in [9.17, 15) is 0 Å². The van der Waals surface area contributed by atoms with Crippen molar-refractivity contribution in [2.75, 3.05) is 0 Å². The molecule has 0 aliphatic carbocycles. The van der Waals surface area contributed by atoms with Crippen LogP contribution in [0.2, 0.25) is 0 Å². The lowest BCUT2D eigenvalue weighted by atomic mass is 9.92. The van der Waals surface area contributed by atoms with Crippen LogP contribution in [0.3, 0.4) is 0 Å². The highest BCUT2D eigenvalue weighted by atomic mass is 14.1. The summed E-state index contributed by atoms with van der Waals surface area (Å²) >= 11 is 0. The van der Waals surface area contributed by atoms with Gasteiger partial charge in [-0.1, -0.05) is 156 Å². The van der Waals surface area contributed by atoms with Gasteiger partial charge in [-0.2, -0.15) is 0 Å². The third-order valence-corrected chi connectivity index (χ3v) is 8.62. The van der Waals surface area contributed by atoms with Crippen molar-refractivity contribution in [2.45, 2.75) is 77.6 Å². The summed E-state index contributed by atoms with van der Waals surface area (Å²) in [5.41, 5.74) is 1.48. The van der Waals surface area contributed by atoms with Crippen LogP contribution in [0.15, 0.2) is 91.0 Å². The van der Waals surface area contributed by atoms with E-state index in [1.165, 1.54) is 130 Å². The number of hydrogen-bond acceptors (Lipinski definition) is 0. The molecule has 0 spiro atoms. The second kappa shape index (κ2) is 11.6. The van der Waals surface area contributed by atoms with E-state index in [1.54, 1.807) is 0 Å². The lowest BCUT2D eigenvalue weighted by molar-refractivity contribution is 0.556. The predicted molar refractivity (Wildman–Crippen MR) is 170 cm³/mol. The SMILES string of the molecule is CCCCCCCCCCCCc1ccc2c(ccc3c2ccc2c4ccc5ccccc5c4ccc32)c1. The summed E-state index contributed by atoms with van der Waals surface area (Å²) in [5, 5.41) is 13.5. The Kier molecular flexibility index (Phi) is 7.59. The summed E-state index contributed by atoms with van der Waals surface area (Å²) in [6.45, 7) is 2.29. The van der Waals surface area contributed by atoms with Gasteiger partial charge in [0.1, 0.15) is 0 Å². The van der Waals surface area contributed by atoms with Gasteiger partial charge in [-0.3, -0.25) is 0 Å². The molecule has 38 heavy (non-hydrogen) atoms. The van der Waals surface area contributed by atoms with Crippen LogP contribution in [0, 0.1) is 0 Å². The van der Waals surface area contributed by atoms with Gasteiger partial charge >= 0.3 is 0 Å². The van der Waals surface area contributed by atoms with Gasteiger partial charge in [-0.25, -0.2) is 0 Å². The van der Waals surface area contributed by atoms with Crippen LogP contribution >= 0.6 is 0 Å². The summed E-state index contributed by atoms with van der Waals surface area (Å²) < 4.78 is 0. The Morgan fingerprint density at radius 2 is 0.816 bits per heavy atom. The smallest absolute Gasteiger partial charge is 0.00987 e. The van der Waals surface area contributed by atoms with Crippen LogP contribution < -0.4 is 0 Å². The fourth-order valence-corrected chi connectivity index (χ4v) is 6.48. The second-order valence-electron chi connectivity index (χ2n) is 11.3. The molecule has 0 saturated heterocycles. The third-order valence-electron chi connectivity index (χ3n) is 8.62. The normalized spacial score (nSPS) is 11.9. The molecule has 0 nitrogen and oxygen atoms in total. The van der Waals surface area contributed by atoms with Crippen LogP contribution in [0.25, 0.3) is 53.9 Å². The van der Waals surface area contributed by atoms with Crippen molar-refractivity contribution >= 4 is 53.9 Å². The molecule has 0 aliphatic rings. The quantitative estimate of drug-likeness (QED) is 0.124. The highest BCUT2D eigenvalue weighted by Gasteiger charge is 2.09. The topological polar surface area (TPSA) is 0 Å². The minimum absolute atomic E-state index is 1.20. The molecule has 0 atom stereocenters. The van der Waals surface area contributed by atoms with Crippen molar-refractivity contribution in [1.29, 1.82) is 0 Å². The van der Waals surface area contributed by atoms with Crippen molar-refractivity contribution in [2.24, 2.45) is 0 Å². The Bertz CT molecular complexity index is 1700. The zero-order valence-electron chi connectivity index (χ0n) is 22.9. The number of unbranched alkanes of at least 4 members (excludes halogenated alkanes) is 9. The Balaban J connectivity index is 1.19. The fraction of sp³-hybridized carbons (Fsp3) is 0.316. The van der Waals surface area contributed by atoms with Crippen LogP contribution in [0.5, 0.6) is 0 Å². The van der Waals surface area contributed by atoms with Gasteiger partial charge < -0.3 is 0 Å². The number of hydrogen-bond donors (Lipinski definition) is 0. The van der Waals surface area contributed by atoms with Crippen LogP contribution in [0.4, 0.5) is 0 Å². The summed E-state index contributed by atoms with van der Waals surface area (Å²) in [5.74, 6) is 0. The van der Waals surface area contributed by atoms with Crippen LogP contribution in [-0.4, -0.2) is 0 Å². The Hall–Kier alpha value is -3.38. The van der Waals surface area contributed by atoms with Gasteiger partial charge in [0, 0.05) is 0 Å². The summed E-state index contributed by atoms with van der Waals surface area (Å²) in [6, 6.07) is 34.4. The molecule has 0 bridgehead atoms. The van der Waals surface area contributed by atoms with Gasteiger partial charge in [-0.05, 0) is 72.3 Å². The maximum Gasteiger partial charge on any atom is -0.00987 e. The second-order valence-corrected chi connectivity index (χ2v) is 11.3. The predicted octanol–water partition coefficient (Wildman–Crippen LogP) is 11.9. The van der Waals surface area contributed by atoms with Gasteiger partial charge in [-0.15, -0.1) is 0 Å². The van der Waals surface area contributed by atoms with E-state index in [2.05, 4.69) is 97.9 Å². The van der Waals surface area contributed by atoms with Crippen molar-refractivity contribution in [3.8, 4) is 0 Å². The van der Waals surface area contributed by atoms with E-state index >= 15 is 0 Å². The molecule has 6 rings (SSSR count). The first-order valence-corrected chi connectivity index (χ1v) is 15.0. The van der Waals surface area contributed by atoms with Gasteiger partial charge in [0.2, 0.25) is 0 Å². The highest BCUT2D eigenvalue weighted by molar-refractivity contribution is 6.24. The fourth-order valence-electron chi connectivity index (χ4n) is 6.48. The lowest BCUT2D eigenvalue weighted by Gasteiger charge is -2.12. The van der Waals surface area contributed by atoms with E-state index in [1.807, 2.05) is 0 Å². The Labute approximate surface area is 227 Å². The largest absolute Gasteiger partial charge is 0.0654 e. The minimum atomic E-state index is 1.20. The zero-order valence-corrected chi connectivity index (χ0v) is 22.9. The van der Waals surface area contributed by atoms with Crippen molar-refractivity contribution in [3.05, 3.63) is 96.6 Å². The maximum atomic E-state index is 2.43. The molecule has 0 aromatic heterocycles. The third kappa shape index (κ3) is 5.02. The zero-order chi connectivity index (χ0) is 25.7. The van der Waals surface area contributed by atoms with E-state index in [0.717, 1.165) is 0 Å². The van der Waals surface area contributed by atoms with E-state index in [0.29, 0.717) is 0 Å². The van der Waals surface area contributed by atoms with Gasteiger partial charge in [0.15, 0.2) is 0 Å². The molecule has 0 amide bonds.